The number of hydrogen-bond acceptors (Lipinski definition) is 6. The van der Waals surface area contributed by atoms with Gasteiger partial charge in [0.25, 0.3) is 11.6 Å². The van der Waals surface area contributed by atoms with E-state index in [0.29, 0.717) is 16.5 Å². The molecular weight excluding hydrogens is 373 g/mol. The number of aromatic nitrogens is 1. The Bertz CT molecular complexity index is 989. The zero-order valence-corrected chi connectivity index (χ0v) is 15.0. The number of nitrogens with one attached hydrogen (secondary N) is 1. The molecule has 0 saturated carbocycles. The highest BCUT2D eigenvalue weighted by Crippen LogP contribution is 2.28. The van der Waals surface area contributed by atoms with Crippen LogP contribution in [0.2, 0.25) is 0 Å². The van der Waals surface area contributed by atoms with Crippen LogP contribution in [0.5, 0.6) is 11.6 Å². The number of nitro groups is 1. The average Bonchev–Trinajstić information content (AvgIpc) is 3.04. The third-order valence-electron chi connectivity index (χ3n) is 3.60. The van der Waals surface area contributed by atoms with Gasteiger partial charge in [-0.25, -0.2) is 9.37 Å². The van der Waals surface area contributed by atoms with E-state index in [-0.39, 0.29) is 22.9 Å². The zero-order chi connectivity index (χ0) is 19.4. The van der Waals surface area contributed by atoms with E-state index in [1.165, 1.54) is 36.5 Å². The summed E-state index contributed by atoms with van der Waals surface area (Å²) in [4.78, 5) is 27.4. The molecule has 1 amide bonds. The van der Waals surface area contributed by atoms with Crippen molar-refractivity contribution in [3.05, 3.63) is 79.9 Å². The van der Waals surface area contributed by atoms with Crippen molar-refractivity contribution < 1.29 is 18.8 Å². The molecule has 3 rings (SSSR count). The molecule has 0 spiro atoms. The van der Waals surface area contributed by atoms with E-state index in [9.17, 15) is 19.3 Å². The maximum atomic E-state index is 12.9. The first-order valence-electron chi connectivity index (χ1n) is 7.84. The summed E-state index contributed by atoms with van der Waals surface area (Å²) in [7, 11) is 0. The third kappa shape index (κ3) is 4.64. The second-order valence-corrected chi connectivity index (χ2v) is 6.81. The molecule has 0 radical (unpaired) electrons. The summed E-state index contributed by atoms with van der Waals surface area (Å²) in [5.41, 5.74) is 0.669. The molecule has 9 heteroatoms. The van der Waals surface area contributed by atoms with Gasteiger partial charge in [-0.1, -0.05) is 0 Å². The lowest BCUT2D eigenvalue weighted by atomic mass is 10.2. The summed E-state index contributed by atoms with van der Waals surface area (Å²) in [6.45, 7) is 1.80. The number of pyridine rings is 1. The number of ether oxygens (including phenoxy) is 1. The number of aryl methyl sites for hydroxylation is 1. The van der Waals surface area contributed by atoms with Gasteiger partial charge in [-0.2, -0.15) is 0 Å². The van der Waals surface area contributed by atoms with Crippen LogP contribution in [0.3, 0.4) is 0 Å². The van der Waals surface area contributed by atoms with E-state index in [4.69, 9.17) is 4.74 Å². The smallest absolute Gasteiger partial charge is 0.283 e. The van der Waals surface area contributed by atoms with Gasteiger partial charge in [0.1, 0.15) is 11.6 Å². The van der Waals surface area contributed by atoms with Crippen LogP contribution in [0.15, 0.2) is 48.7 Å². The summed E-state index contributed by atoms with van der Waals surface area (Å²) in [6, 6.07) is 10.1. The number of benzene rings is 1. The molecule has 0 bridgehead atoms. The Morgan fingerprint density at radius 1 is 1.30 bits per heavy atom. The molecule has 0 aliphatic rings. The predicted octanol–water partition coefficient (Wildman–Crippen LogP) is 4.22. The number of carbonyl (C=O) groups excluding carboxylic acids is 1. The lowest BCUT2D eigenvalue weighted by Gasteiger charge is -2.07. The standard InChI is InChI=1S/C18H14FN3O4S/c1-11-15(22(24)25)9-16(27-11)18(23)21-10-12-6-7-20-17(8-12)26-14-4-2-13(19)3-5-14/h2-9H,10H2,1H3,(H,21,23). The monoisotopic (exact) mass is 387 g/mol. The van der Waals surface area contributed by atoms with Gasteiger partial charge in [0, 0.05) is 24.9 Å². The SMILES string of the molecule is Cc1sc(C(=O)NCc2ccnc(Oc3ccc(F)cc3)c2)cc1[N+](=O)[O-]. The summed E-state index contributed by atoms with van der Waals surface area (Å²) < 4.78 is 18.5. The molecule has 3 aromatic rings. The van der Waals surface area contributed by atoms with Crippen LogP contribution in [-0.4, -0.2) is 15.8 Å². The van der Waals surface area contributed by atoms with E-state index in [1.807, 2.05) is 0 Å². The second-order valence-electron chi connectivity index (χ2n) is 5.55. The van der Waals surface area contributed by atoms with Crippen LogP contribution in [-0.2, 0) is 6.54 Å². The topological polar surface area (TPSA) is 94.4 Å². The molecule has 0 aliphatic carbocycles. The highest BCUT2D eigenvalue weighted by molar-refractivity contribution is 7.14. The van der Waals surface area contributed by atoms with Gasteiger partial charge >= 0.3 is 0 Å². The van der Waals surface area contributed by atoms with Gasteiger partial charge in [0.15, 0.2) is 0 Å². The van der Waals surface area contributed by atoms with Crippen LogP contribution in [0, 0.1) is 22.9 Å². The van der Waals surface area contributed by atoms with Gasteiger partial charge < -0.3 is 10.1 Å². The number of amides is 1. The number of hydrogen-bond donors (Lipinski definition) is 1. The Morgan fingerprint density at radius 3 is 2.70 bits per heavy atom. The van der Waals surface area contributed by atoms with E-state index in [0.717, 1.165) is 16.9 Å². The molecule has 0 saturated heterocycles. The van der Waals surface area contributed by atoms with Crippen molar-refractivity contribution in [3.63, 3.8) is 0 Å². The first-order chi connectivity index (χ1) is 12.9. The highest BCUT2D eigenvalue weighted by atomic mass is 32.1. The molecule has 27 heavy (non-hydrogen) atoms. The van der Waals surface area contributed by atoms with Gasteiger partial charge in [-0.3, -0.25) is 14.9 Å². The van der Waals surface area contributed by atoms with Crippen LogP contribution >= 0.6 is 11.3 Å². The minimum atomic E-state index is -0.509. The zero-order valence-electron chi connectivity index (χ0n) is 14.1. The molecule has 7 nitrogen and oxygen atoms in total. The molecule has 1 aromatic carbocycles. The molecule has 2 heterocycles. The van der Waals surface area contributed by atoms with Crippen molar-refractivity contribution in [1.29, 1.82) is 0 Å². The maximum Gasteiger partial charge on any atom is 0.283 e. The Kier molecular flexibility index (Phi) is 5.41. The molecule has 0 unspecified atom stereocenters. The van der Waals surface area contributed by atoms with Crippen molar-refractivity contribution in [3.8, 4) is 11.6 Å². The summed E-state index contributed by atoms with van der Waals surface area (Å²) in [5.74, 6) is -0.0211. The van der Waals surface area contributed by atoms with Gasteiger partial charge in [0.2, 0.25) is 5.88 Å². The lowest BCUT2D eigenvalue weighted by Crippen LogP contribution is -2.21. The fourth-order valence-corrected chi connectivity index (χ4v) is 3.18. The molecule has 0 aliphatic heterocycles. The van der Waals surface area contributed by atoms with Crippen molar-refractivity contribution in [2.24, 2.45) is 0 Å². The normalized spacial score (nSPS) is 10.4. The van der Waals surface area contributed by atoms with Crippen LogP contribution in [0.1, 0.15) is 20.1 Å². The minimum absolute atomic E-state index is 0.0657. The molecular formula is C18H14FN3O4S. The van der Waals surface area contributed by atoms with Crippen LogP contribution in [0.25, 0.3) is 0 Å². The highest BCUT2D eigenvalue weighted by Gasteiger charge is 2.19. The quantitative estimate of drug-likeness (QED) is 0.505. The van der Waals surface area contributed by atoms with E-state index in [2.05, 4.69) is 10.3 Å². The summed E-state index contributed by atoms with van der Waals surface area (Å²) in [6.07, 6.45) is 1.53. The number of halogens is 1. The largest absolute Gasteiger partial charge is 0.439 e. The number of thiophene rings is 1. The van der Waals surface area contributed by atoms with E-state index in [1.54, 1.807) is 19.1 Å². The third-order valence-corrected chi connectivity index (χ3v) is 4.64. The first kappa shape index (κ1) is 18.5. The Balaban J connectivity index is 1.64. The lowest BCUT2D eigenvalue weighted by molar-refractivity contribution is -0.385. The van der Waals surface area contributed by atoms with Gasteiger partial charge in [-0.05, 0) is 42.8 Å². The summed E-state index contributed by atoms with van der Waals surface area (Å²) in [5, 5.41) is 13.6. The average molecular weight is 387 g/mol. The second kappa shape index (κ2) is 7.92. The van der Waals surface area contributed by atoms with Crippen LogP contribution < -0.4 is 10.1 Å². The molecule has 2 aromatic heterocycles. The Labute approximate surface area is 157 Å². The Morgan fingerprint density at radius 2 is 2.04 bits per heavy atom. The van der Waals surface area contributed by atoms with Gasteiger partial charge in [-0.15, -0.1) is 11.3 Å². The van der Waals surface area contributed by atoms with Gasteiger partial charge in [0.05, 0.1) is 14.7 Å². The van der Waals surface area contributed by atoms with Crippen molar-refractivity contribution in [2.75, 3.05) is 0 Å². The molecule has 138 valence electrons. The van der Waals surface area contributed by atoms with Crippen LogP contribution in [0.4, 0.5) is 10.1 Å². The van der Waals surface area contributed by atoms with E-state index < -0.39 is 10.8 Å². The molecule has 1 N–H and O–H groups in total. The fraction of sp³-hybridized carbons (Fsp3) is 0.111. The van der Waals surface area contributed by atoms with E-state index >= 15 is 0 Å². The maximum absolute atomic E-state index is 12.9. The minimum Gasteiger partial charge on any atom is -0.439 e. The predicted molar refractivity (Wildman–Crippen MR) is 97.6 cm³/mol. The number of carbonyl (C=O) groups is 1. The number of rotatable bonds is 6. The first-order valence-corrected chi connectivity index (χ1v) is 8.65. The summed E-state index contributed by atoms with van der Waals surface area (Å²) >= 11 is 1.07. The van der Waals surface area contributed by atoms with Crippen molar-refractivity contribution in [2.45, 2.75) is 13.5 Å². The molecule has 0 atom stereocenters. The van der Waals surface area contributed by atoms with Crippen molar-refractivity contribution in [1.82, 2.24) is 10.3 Å². The number of nitrogens with zero attached hydrogens (tertiary/aromatic N) is 2. The molecule has 0 fully saturated rings. The van der Waals surface area contributed by atoms with Crippen molar-refractivity contribution >= 4 is 22.9 Å². The Hall–Kier alpha value is -3.33. The fourth-order valence-electron chi connectivity index (χ4n) is 2.27.